The quantitative estimate of drug-likeness (QED) is 0.862. The van der Waals surface area contributed by atoms with Gasteiger partial charge in [0.2, 0.25) is 10.0 Å². The summed E-state index contributed by atoms with van der Waals surface area (Å²) in [6, 6.07) is 9.48. The number of carboxylic acid groups (broad SMARTS) is 1. The molecule has 7 heteroatoms. The van der Waals surface area contributed by atoms with Crippen molar-refractivity contribution in [1.82, 2.24) is 9.21 Å². The first kappa shape index (κ1) is 15.9. The number of piperazine rings is 1. The van der Waals surface area contributed by atoms with E-state index in [0.717, 1.165) is 11.8 Å². The van der Waals surface area contributed by atoms with Gasteiger partial charge < -0.3 is 5.11 Å². The molecule has 1 heterocycles. The molecule has 0 aliphatic carbocycles. The molecule has 116 valence electrons. The van der Waals surface area contributed by atoms with Gasteiger partial charge >= 0.3 is 5.97 Å². The first-order valence-electron chi connectivity index (χ1n) is 6.81. The van der Waals surface area contributed by atoms with Crippen molar-refractivity contribution in [3.8, 4) is 0 Å². The highest BCUT2D eigenvalue weighted by Crippen LogP contribution is 2.18. The minimum absolute atomic E-state index is 0.0567. The van der Waals surface area contributed by atoms with Crippen molar-refractivity contribution in [3.05, 3.63) is 35.9 Å². The zero-order valence-corrected chi connectivity index (χ0v) is 12.8. The molecule has 0 saturated carbocycles. The highest BCUT2D eigenvalue weighted by Gasteiger charge is 2.32. The highest BCUT2D eigenvalue weighted by atomic mass is 32.2. The van der Waals surface area contributed by atoms with Gasteiger partial charge in [-0.15, -0.1) is 0 Å². The molecule has 6 nitrogen and oxygen atoms in total. The predicted molar refractivity (Wildman–Crippen MR) is 79.3 cm³/mol. The molecule has 0 aromatic heterocycles. The normalized spacial score (nSPS) is 21.3. The Hall–Kier alpha value is -1.44. The van der Waals surface area contributed by atoms with E-state index in [2.05, 4.69) is 0 Å². The minimum Gasteiger partial charge on any atom is -0.481 e. The van der Waals surface area contributed by atoms with Crippen molar-refractivity contribution in [2.24, 2.45) is 0 Å². The Morgan fingerprint density at radius 3 is 2.52 bits per heavy atom. The maximum Gasteiger partial charge on any atom is 0.304 e. The lowest BCUT2D eigenvalue weighted by atomic mass is 10.1. The summed E-state index contributed by atoms with van der Waals surface area (Å²) in [5.41, 5.74) is 1.10. The van der Waals surface area contributed by atoms with Crippen LogP contribution in [0.5, 0.6) is 0 Å². The van der Waals surface area contributed by atoms with E-state index in [-0.39, 0.29) is 19.0 Å². The summed E-state index contributed by atoms with van der Waals surface area (Å²) < 4.78 is 24.6. The third kappa shape index (κ3) is 4.52. The van der Waals surface area contributed by atoms with Gasteiger partial charge in [-0.2, -0.15) is 4.31 Å². The summed E-state index contributed by atoms with van der Waals surface area (Å²) in [7, 11) is -3.28. The van der Waals surface area contributed by atoms with Crippen molar-refractivity contribution in [1.29, 1.82) is 0 Å². The van der Waals surface area contributed by atoms with Crippen molar-refractivity contribution >= 4 is 16.0 Å². The molecule has 0 amide bonds. The number of hydrogen-bond donors (Lipinski definition) is 1. The van der Waals surface area contributed by atoms with Crippen LogP contribution < -0.4 is 0 Å². The van der Waals surface area contributed by atoms with E-state index in [1.807, 2.05) is 35.2 Å². The average Bonchev–Trinajstić information content (AvgIpc) is 2.40. The van der Waals surface area contributed by atoms with E-state index >= 15 is 0 Å². The van der Waals surface area contributed by atoms with Gasteiger partial charge in [-0.25, -0.2) is 8.42 Å². The molecule has 1 aromatic carbocycles. The van der Waals surface area contributed by atoms with Gasteiger partial charge in [0, 0.05) is 32.2 Å². The molecule has 1 saturated heterocycles. The summed E-state index contributed by atoms with van der Waals surface area (Å²) >= 11 is 0. The fourth-order valence-electron chi connectivity index (χ4n) is 2.59. The molecule has 1 fully saturated rings. The molecule has 1 N–H and O–H groups in total. The number of carbonyl (C=O) groups is 1. The number of sulfonamides is 1. The van der Waals surface area contributed by atoms with Gasteiger partial charge in [-0.05, 0) is 5.56 Å². The zero-order chi connectivity index (χ0) is 15.5. The third-order valence-corrected chi connectivity index (χ3v) is 4.94. The Morgan fingerprint density at radius 1 is 1.29 bits per heavy atom. The molecule has 2 rings (SSSR count). The molecule has 0 spiro atoms. The van der Waals surface area contributed by atoms with Crippen LogP contribution in [0, 0.1) is 0 Å². The van der Waals surface area contributed by atoms with Gasteiger partial charge in [0.1, 0.15) is 0 Å². The molecule has 0 unspecified atom stereocenters. The minimum atomic E-state index is -3.28. The van der Waals surface area contributed by atoms with Gasteiger partial charge in [-0.3, -0.25) is 9.69 Å². The zero-order valence-electron chi connectivity index (χ0n) is 12.0. The Bertz CT molecular complexity index is 588. The molecule has 0 radical (unpaired) electrons. The number of hydrogen-bond acceptors (Lipinski definition) is 4. The first-order valence-corrected chi connectivity index (χ1v) is 8.66. The number of nitrogens with zero attached hydrogens (tertiary/aromatic N) is 2. The smallest absolute Gasteiger partial charge is 0.304 e. The van der Waals surface area contributed by atoms with Gasteiger partial charge in [-0.1, -0.05) is 30.3 Å². The molecule has 21 heavy (non-hydrogen) atoms. The van der Waals surface area contributed by atoms with Crippen LogP contribution in [0.4, 0.5) is 0 Å². The topological polar surface area (TPSA) is 77.9 Å². The second kappa shape index (κ2) is 6.55. The molecule has 0 bridgehead atoms. The fourth-order valence-corrected chi connectivity index (χ4v) is 3.44. The monoisotopic (exact) mass is 312 g/mol. The maximum atomic E-state index is 11.6. The second-order valence-electron chi connectivity index (χ2n) is 5.33. The fraction of sp³-hybridized carbons (Fsp3) is 0.500. The van der Waals surface area contributed by atoms with E-state index < -0.39 is 16.0 Å². The lowest BCUT2D eigenvalue weighted by Gasteiger charge is -2.39. The van der Waals surface area contributed by atoms with Crippen molar-refractivity contribution in [2.75, 3.05) is 25.9 Å². The largest absolute Gasteiger partial charge is 0.481 e. The lowest BCUT2D eigenvalue weighted by Crippen LogP contribution is -2.54. The van der Waals surface area contributed by atoms with Crippen LogP contribution in [-0.2, 0) is 21.4 Å². The Morgan fingerprint density at radius 2 is 1.95 bits per heavy atom. The van der Waals surface area contributed by atoms with Crippen LogP contribution in [0.1, 0.15) is 12.0 Å². The van der Waals surface area contributed by atoms with Crippen molar-refractivity contribution < 1.29 is 18.3 Å². The van der Waals surface area contributed by atoms with Gasteiger partial charge in [0.25, 0.3) is 0 Å². The third-order valence-electron chi connectivity index (χ3n) is 3.68. The molecule has 1 atom stereocenters. The molecular formula is C14H20N2O4S. The summed E-state index contributed by atoms with van der Waals surface area (Å²) in [4.78, 5) is 13.1. The maximum absolute atomic E-state index is 11.6. The van der Waals surface area contributed by atoms with Crippen molar-refractivity contribution in [3.63, 3.8) is 0 Å². The summed E-state index contributed by atoms with van der Waals surface area (Å²) in [6.45, 7) is 1.82. The van der Waals surface area contributed by atoms with Crippen molar-refractivity contribution in [2.45, 2.75) is 19.0 Å². The van der Waals surface area contributed by atoms with Crippen LogP contribution in [0.2, 0.25) is 0 Å². The number of rotatable bonds is 5. The predicted octanol–water partition coefficient (Wildman–Crippen LogP) is 0.607. The number of aliphatic carboxylic acids is 1. The standard InChI is InChI=1S/C14H20N2O4S/c1-21(19,20)16-8-7-15(13(11-16)9-14(17)18)10-12-5-3-2-4-6-12/h2-6,13H,7-11H2,1H3,(H,17,18)/t13-/m0/s1. The van der Waals surface area contributed by atoms with E-state index in [4.69, 9.17) is 5.11 Å². The summed E-state index contributed by atoms with van der Waals surface area (Å²) in [6.07, 6.45) is 1.11. The first-order chi connectivity index (χ1) is 9.86. The Balaban J connectivity index is 2.11. The second-order valence-corrected chi connectivity index (χ2v) is 7.31. The van der Waals surface area contributed by atoms with Gasteiger partial charge in [0.15, 0.2) is 0 Å². The summed E-state index contributed by atoms with van der Waals surface area (Å²) in [5.74, 6) is -0.909. The van der Waals surface area contributed by atoms with Gasteiger partial charge in [0.05, 0.1) is 12.7 Å². The summed E-state index contributed by atoms with van der Waals surface area (Å²) in [5, 5.41) is 9.04. The SMILES string of the molecule is CS(=O)(=O)N1CCN(Cc2ccccc2)[C@@H](CC(=O)O)C1. The van der Waals surface area contributed by atoms with Crippen LogP contribution >= 0.6 is 0 Å². The molecule has 1 aromatic rings. The number of benzene rings is 1. The van der Waals surface area contributed by atoms with E-state index in [1.54, 1.807) is 0 Å². The number of carboxylic acids is 1. The Kier molecular flexibility index (Phi) is 4.97. The van der Waals surface area contributed by atoms with E-state index in [1.165, 1.54) is 4.31 Å². The lowest BCUT2D eigenvalue weighted by molar-refractivity contribution is -0.139. The van der Waals surface area contributed by atoms with Crippen LogP contribution in [0.15, 0.2) is 30.3 Å². The van der Waals surface area contributed by atoms with Crippen LogP contribution in [0.3, 0.4) is 0 Å². The molecule has 1 aliphatic rings. The van der Waals surface area contributed by atoms with Crippen LogP contribution in [-0.4, -0.2) is 60.6 Å². The average molecular weight is 312 g/mol. The molecular weight excluding hydrogens is 292 g/mol. The van der Waals surface area contributed by atoms with E-state index in [9.17, 15) is 13.2 Å². The molecule has 1 aliphatic heterocycles. The van der Waals surface area contributed by atoms with Crippen LogP contribution in [0.25, 0.3) is 0 Å². The highest BCUT2D eigenvalue weighted by molar-refractivity contribution is 7.88. The van der Waals surface area contributed by atoms with E-state index in [0.29, 0.717) is 19.6 Å². The Labute approximate surface area is 125 Å².